The van der Waals surface area contributed by atoms with Crippen LogP contribution in [-0.2, 0) is 23.8 Å². The van der Waals surface area contributed by atoms with Crippen LogP contribution in [0.1, 0.15) is 265 Å². The standard InChI is InChI=1S/C63H108O5/c1-4-7-10-13-16-19-22-25-28-30-32-33-36-38-41-44-47-50-53-56-62(64)67-60-61(68-63(65)57-54-51-48-45-42-39-35-27-24-21-18-15-12-9-6-3)59-66-58-55-52-49-46-43-40-37-34-31-29-26-23-20-17-14-11-8-5-2/h8-9,11-12,17-18,20-21,26-27,29,34-35,37,43,46,61H,4-7,10,13-16,19,22-25,28,30-33,36,38-42,44-45,47-60H2,1-3H3/b11-8-,12-9-,20-17-,21-18-,29-26-,35-27-,37-34-,46-43-. The Labute approximate surface area is 422 Å². The first kappa shape index (κ1) is 64.8. The van der Waals surface area contributed by atoms with E-state index in [2.05, 4.69) is 118 Å². The molecule has 0 aliphatic heterocycles. The number of hydrogen-bond donors (Lipinski definition) is 0. The first-order valence-corrected chi connectivity index (χ1v) is 28.8. The second-order valence-electron chi connectivity index (χ2n) is 18.8. The molecular formula is C63H108O5. The summed E-state index contributed by atoms with van der Waals surface area (Å²) in [5, 5.41) is 0. The smallest absolute Gasteiger partial charge is 0.306 e. The van der Waals surface area contributed by atoms with Crippen LogP contribution in [0, 0.1) is 0 Å². The number of carbonyl (C=O) groups excluding carboxylic acids is 2. The monoisotopic (exact) mass is 945 g/mol. The summed E-state index contributed by atoms with van der Waals surface area (Å²) in [6.07, 6.45) is 78.7. The fourth-order valence-electron chi connectivity index (χ4n) is 7.90. The molecule has 1 unspecified atom stereocenters. The zero-order chi connectivity index (χ0) is 49.2. The van der Waals surface area contributed by atoms with Gasteiger partial charge in [-0.25, -0.2) is 0 Å². The first-order valence-electron chi connectivity index (χ1n) is 28.8. The van der Waals surface area contributed by atoms with E-state index in [0.29, 0.717) is 19.4 Å². The summed E-state index contributed by atoms with van der Waals surface area (Å²) in [6, 6.07) is 0. The average Bonchev–Trinajstić information content (AvgIpc) is 3.34. The molecule has 390 valence electrons. The van der Waals surface area contributed by atoms with Gasteiger partial charge in [0.2, 0.25) is 0 Å². The Hall–Kier alpha value is -3.18. The molecule has 0 aliphatic rings. The maximum atomic E-state index is 12.8. The highest BCUT2D eigenvalue weighted by Crippen LogP contribution is 2.16. The summed E-state index contributed by atoms with van der Waals surface area (Å²) in [5.41, 5.74) is 0. The summed E-state index contributed by atoms with van der Waals surface area (Å²) >= 11 is 0. The molecule has 68 heavy (non-hydrogen) atoms. The quantitative estimate of drug-likeness (QED) is 0.0345. The maximum Gasteiger partial charge on any atom is 0.306 e. The highest BCUT2D eigenvalue weighted by molar-refractivity contribution is 5.70. The summed E-state index contributed by atoms with van der Waals surface area (Å²) in [7, 11) is 0. The molecule has 0 N–H and O–H groups in total. The van der Waals surface area contributed by atoms with Crippen LogP contribution in [0.4, 0.5) is 0 Å². The van der Waals surface area contributed by atoms with E-state index < -0.39 is 6.10 Å². The fourth-order valence-corrected chi connectivity index (χ4v) is 7.90. The SMILES string of the molecule is CC/C=C\C/C=C\C/C=C\C/C=C\C/C=C\CCCCOCC(COC(=O)CCCCCCCCCCCCCCCCCCCCC)OC(=O)CCCCCCC/C=C\C/C=C\C/C=C\CC. The van der Waals surface area contributed by atoms with E-state index in [1.165, 1.54) is 122 Å². The molecule has 5 heteroatoms. The molecule has 0 amide bonds. The molecule has 0 radical (unpaired) electrons. The van der Waals surface area contributed by atoms with Gasteiger partial charge in [-0.3, -0.25) is 9.59 Å². The Balaban J connectivity index is 4.35. The Morgan fingerprint density at radius 1 is 0.338 bits per heavy atom. The highest BCUT2D eigenvalue weighted by Gasteiger charge is 2.17. The number of esters is 2. The van der Waals surface area contributed by atoms with Crippen LogP contribution >= 0.6 is 0 Å². The molecule has 0 aromatic heterocycles. The van der Waals surface area contributed by atoms with E-state index in [4.69, 9.17) is 14.2 Å². The van der Waals surface area contributed by atoms with Crippen LogP contribution in [0.2, 0.25) is 0 Å². The minimum atomic E-state index is -0.572. The van der Waals surface area contributed by atoms with Crippen LogP contribution < -0.4 is 0 Å². The minimum absolute atomic E-state index is 0.0585. The number of unbranched alkanes of at least 4 members (excludes halogenated alkanes) is 25. The van der Waals surface area contributed by atoms with Crippen molar-refractivity contribution in [3.05, 3.63) is 97.2 Å². The first-order chi connectivity index (χ1) is 33.6. The van der Waals surface area contributed by atoms with Gasteiger partial charge in [0.1, 0.15) is 6.61 Å². The predicted octanol–water partition coefficient (Wildman–Crippen LogP) is 19.8. The number of ether oxygens (including phenoxy) is 3. The molecular weight excluding hydrogens is 837 g/mol. The van der Waals surface area contributed by atoms with Crippen molar-refractivity contribution in [3.8, 4) is 0 Å². The molecule has 1 atom stereocenters. The van der Waals surface area contributed by atoms with Crippen LogP contribution in [-0.4, -0.2) is 37.9 Å². The zero-order valence-corrected chi connectivity index (χ0v) is 44.8. The third kappa shape index (κ3) is 55.4. The average molecular weight is 946 g/mol. The van der Waals surface area contributed by atoms with Crippen molar-refractivity contribution in [1.82, 2.24) is 0 Å². The third-order valence-electron chi connectivity index (χ3n) is 12.1. The molecule has 0 spiro atoms. The van der Waals surface area contributed by atoms with E-state index in [-0.39, 0.29) is 25.2 Å². The fraction of sp³-hybridized carbons (Fsp3) is 0.714. The summed E-state index contributed by atoms with van der Waals surface area (Å²) in [5.74, 6) is -0.436. The summed E-state index contributed by atoms with van der Waals surface area (Å²) < 4.78 is 17.4. The lowest BCUT2D eigenvalue weighted by molar-refractivity contribution is -0.163. The van der Waals surface area contributed by atoms with Gasteiger partial charge in [0.15, 0.2) is 6.10 Å². The molecule has 0 bridgehead atoms. The molecule has 5 nitrogen and oxygen atoms in total. The van der Waals surface area contributed by atoms with Crippen molar-refractivity contribution in [3.63, 3.8) is 0 Å². The molecule has 0 fully saturated rings. The van der Waals surface area contributed by atoms with Gasteiger partial charge < -0.3 is 14.2 Å². The Morgan fingerprint density at radius 2 is 0.662 bits per heavy atom. The number of allylic oxidation sites excluding steroid dienone is 16. The lowest BCUT2D eigenvalue weighted by Gasteiger charge is -2.18. The number of carbonyl (C=O) groups is 2. The topological polar surface area (TPSA) is 61.8 Å². The Kier molecular flexibility index (Phi) is 55.4. The van der Waals surface area contributed by atoms with E-state index in [9.17, 15) is 9.59 Å². The van der Waals surface area contributed by atoms with Gasteiger partial charge >= 0.3 is 11.9 Å². The second-order valence-corrected chi connectivity index (χ2v) is 18.8. The number of rotatable bonds is 52. The highest BCUT2D eigenvalue weighted by atomic mass is 16.6. The lowest BCUT2D eigenvalue weighted by atomic mass is 10.0. The van der Waals surface area contributed by atoms with E-state index in [1.807, 2.05) is 0 Å². The van der Waals surface area contributed by atoms with Crippen molar-refractivity contribution in [1.29, 1.82) is 0 Å². The van der Waals surface area contributed by atoms with E-state index >= 15 is 0 Å². The number of hydrogen-bond acceptors (Lipinski definition) is 5. The zero-order valence-electron chi connectivity index (χ0n) is 44.8. The van der Waals surface area contributed by atoms with Crippen molar-refractivity contribution in [2.45, 2.75) is 271 Å². The van der Waals surface area contributed by atoms with Gasteiger partial charge in [0.25, 0.3) is 0 Å². The maximum absolute atomic E-state index is 12.8. The van der Waals surface area contributed by atoms with Gasteiger partial charge in [-0.15, -0.1) is 0 Å². The predicted molar refractivity (Wildman–Crippen MR) is 297 cm³/mol. The van der Waals surface area contributed by atoms with Gasteiger partial charge in [-0.2, -0.15) is 0 Å². The summed E-state index contributed by atoms with van der Waals surface area (Å²) in [4.78, 5) is 25.5. The lowest BCUT2D eigenvalue weighted by Crippen LogP contribution is -2.30. The van der Waals surface area contributed by atoms with Crippen molar-refractivity contribution in [2.24, 2.45) is 0 Å². The molecule has 0 rings (SSSR count). The van der Waals surface area contributed by atoms with Gasteiger partial charge in [0, 0.05) is 19.4 Å². The Morgan fingerprint density at radius 3 is 1.06 bits per heavy atom. The van der Waals surface area contributed by atoms with Gasteiger partial charge in [-0.1, -0.05) is 253 Å². The normalized spacial score (nSPS) is 12.9. The molecule has 0 saturated carbocycles. The van der Waals surface area contributed by atoms with E-state index in [1.54, 1.807) is 0 Å². The second kappa shape index (κ2) is 58.1. The van der Waals surface area contributed by atoms with Crippen molar-refractivity contribution < 1.29 is 23.8 Å². The van der Waals surface area contributed by atoms with Gasteiger partial charge in [0.05, 0.1) is 6.61 Å². The van der Waals surface area contributed by atoms with E-state index in [0.717, 1.165) is 109 Å². The molecule has 0 aromatic carbocycles. The molecule has 0 saturated heterocycles. The third-order valence-corrected chi connectivity index (χ3v) is 12.1. The van der Waals surface area contributed by atoms with Crippen LogP contribution in [0.15, 0.2) is 97.2 Å². The Bertz CT molecular complexity index is 1300. The van der Waals surface area contributed by atoms with Crippen LogP contribution in [0.25, 0.3) is 0 Å². The van der Waals surface area contributed by atoms with Gasteiger partial charge in [-0.05, 0) is 96.3 Å². The molecule has 0 aliphatic carbocycles. The molecule has 0 heterocycles. The van der Waals surface area contributed by atoms with Crippen LogP contribution in [0.3, 0.4) is 0 Å². The molecule has 0 aromatic rings. The van der Waals surface area contributed by atoms with Crippen molar-refractivity contribution >= 4 is 11.9 Å². The summed E-state index contributed by atoms with van der Waals surface area (Å²) in [6.45, 7) is 7.51. The van der Waals surface area contributed by atoms with Crippen molar-refractivity contribution in [2.75, 3.05) is 19.8 Å². The largest absolute Gasteiger partial charge is 0.462 e. The van der Waals surface area contributed by atoms with Crippen LogP contribution in [0.5, 0.6) is 0 Å². The minimum Gasteiger partial charge on any atom is -0.462 e.